The third kappa shape index (κ3) is 2.07. The van der Waals surface area contributed by atoms with E-state index in [0.717, 1.165) is 5.69 Å². The maximum absolute atomic E-state index is 14.1. The Bertz CT molecular complexity index is 661. The highest BCUT2D eigenvalue weighted by atomic mass is 19.1. The van der Waals surface area contributed by atoms with Crippen LogP contribution >= 0.6 is 0 Å². The summed E-state index contributed by atoms with van der Waals surface area (Å²) in [5.41, 5.74) is -1.44. The maximum atomic E-state index is 14.1. The van der Waals surface area contributed by atoms with Crippen LogP contribution < -0.4 is 4.90 Å². The molecule has 4 rings (SSSR count). The Morgan fingerprint density at radius 1 is 1.39 bits per heavy atom. The lowest BCUT2D eigenvalue weighted by Gasteiger charge is -2.26. The highest BCUT2D eigenvalue weighted by molar-refractivity contribution is 6.01. The van der Waals surface area contributed by atoms with E-state index >= 15 is 0 Å². The average Bonchev–Trinajstić information content (AvgIpc) is 3.10. The number of rotatable bonds is 2. The second-order valence-electron chi connectivity index (χ2n) is 7.13. The van der Waals surface area contributed by atoms with Gasteiger partial charge in [-0.15, -0.1) is 0 Å². The molecule has 0 unspecified atom stereocenters. The van der Waals surface area contributed by atoms with Crippen LogP contribution in [-0.4, -0.2) is 47.0 Å². The van der Waals surface area contributed by atoms with Gasteiger partial charge in [-0.25, -0.2) is 4.39 Å². The smallest absolute Gasteiger partial charge is 0.260 e. The summed E-state index contributed by atoms with van der Waals surface area (Å²) in [5, 5.41) is 0. The van der Waals surface area contributed by atoms with Crippen LogP contribution in [0.3, 0.4) is 0 Å². The van der Waals surface area contributed by atoms with Crippen LogP contribution in [0.25, 0.3) is 0 Å². The van der Waals surface area contributed by atoms with Crippen molar-refractivity contribution in [2.24, 2.45) is 11.3 Å². The van der Waals surface area contributed by atoms with Crippen molar-refractivity contribution in [3.63, 3.8) is 0 Å². The quantitative estimate of drug-likeness (QED) is 0.835. The molecule has 0 aromatic carbocycles. The number of alkyl halides is 1. The number of carbonyl (C=O) groups is 2. The first-order valence-corrected chi connectivity index (χ1v) is 8.17. The molecule has 2 aliphatic heterocycles. The molecule has 0 bridgehead atoms. The second-order valence-corrected chi connectivity index (χ2v) is 7.13. The summed E-state index contributed by atoms with van der Waals surface area (Å²) in [6.45, 7) is 3.43. The molecule has 3 fully saturated rings. The topological polar surface area (TPSA) is 53.5 Å². The Kier molecular flexibility index (Phi) is 3.02. The molecule has 1 aromatic heterocycles. The Labute approximate surface area is 134 Å². The van der Waals surface area contributed by atoms with Crippen LogP contribution in [0.1, 0.15) is 26.2 Å². The van der Waals surface area contributed by atoms with Gasteiger partial charge < -0.3 is 9.80 Å². The van der Waals surface area contributed by atoms with E-state index in [9.17, 15) is 14.0 Å². The molecule has 1 aromatic rings. The average molecular weight is 317 g/mol. The van der Waals surface area contributed by atoms with E-state index in [4.69, 9.17) is 0 Å². The zero-order chi connectivity index (χ0) is 16.2. The van der Waals surface area contributed by atoms with E-state index in [1.807, 2.05) is 19.1 Å². The number of halogens is 1. The minimum absolute atomic E-state index is 0.0389. The first kappa shape index (κ1) is 14.6. The van der Waals surface area contributed by atoms with Crippen LogP contribution in [0.4, 0.5) is 10.1 Å². The number of nitrogens with zero attached hydrogens (tertiary/aromatic N) is 3. The van der Waals surface area contributed by atoms with Gasteiger partial charge in [-0.2, -0.15) is 0 Å². The van der Waals surface area contributed by atoms with Crippen LogP contribution in [0.15, 0.2) is 24.5 Å². The largest absolute Gasteiger partial charge is 0.339 e. The van der Waals surface area contributed by atoms with Crippen molar-refractivity contribution in [2.75, 3.05) is 24.5 Å². The molecule has 5 nitrogen and oxygen atoms in total. The molecule has 0 radical (unpaired) electrons. The van der Waals surface area contributed by atoms with Crippen LogP contribution in [0.2, 0.25) is 0 Å². The molecule has 1 saturated carbocycles. The molecule has 3 heterocycles. The maximum Gasteiger partial charge on any atom is 0.260 e. The lowest BCUT2D eigenvalue weighted by Crippen LogP contribution is -2.42. The molecule has 23 heavy (non-hydrogen) atoms. The Hall–Kier alpha value is -1.98. The first-order valence-electron chi connectivity index (χ1n) is 8.17. The zero-order valence-corrected chi connectivity index (χ0v) is 13.2. The molecule has 2 saturated heterocycles. The SMILES string of the molecule is C[C@@H]1CN(C(=O)C2(F)CC2)C[C@]12CCN(c1cccnc1)C2=O. The van der Waals surface area contributed by atoms with Gasteiger partial charge in [-0.3, -0.25) is 14.6 Å². The summed E-state index contributed by atoms with van der Waals surface area (Å²) in [5.74, 6) is -0.339. The van der Waals surface area contributed by atoms with E-state index in [-0.39, 0.29) is 11.8 Å². The van der Waals surface area contributed by atoms with E-state index in [0.29, 0.717) is 38.9 Å². The molecule has 2 amide bonds. The van der Waals surface area contributed by atoms with Crippen molar-refractivity contribution in [1.82, 2.24) is 9.88 Å². The number of likely N-dealkylation sites (tertiary alicyclic amines) is 1. The fourth-order valence-corrected chi connectivity index (χ4v) is 3.98. The fraction of sp³-hybridized carbons (Fsp3) is 0.588. The van der Waals surface area contributed by atoms with Crippen LogP contribution in [0, 0.1) is 11.3 Å². The van der Waals surface area contributed by atoms with Gasteiger partial charge in [0.15, 0.2) is 5.67 Å². The lowest BCUT2D eigenvalue weighted by molar-refractivity contribution is -0.137. The van der Waals surface area contributed by atoms with E-state index in [1.165, 1.54) is 0 Å². The van der Waals surface area contributed by atoms with Gasteiger partial charge in [0.05, 0.1) is 17.3 Å². The van der Waals surface area contributed by atoms with Gasteiger partial charge in [0.1, 0.15) is 0 Å². The van der Waals surface area contributed by atoms with Crippen molar-refractivity contribution < 1.29 is 14.0 Å². The summed E-state index contributed by atoms with van der Waals surface area (Å²) in [7, 11) is 0. The van der Waals surface area contributed by atoms with Gasteiger partial charge in [0.25, 0.3) is 5.91 Å². The number of amides is 2. The number of hydrogen-bond acceptors (Lipinski definition) is 3. The molecule has 2 atom stereocenters. The Morgan fingerprint density at radius 2 is 2.17 bits per heavy atom. The molecule has 6 heteroatoms. The first-order chi connectivity index (χ1) is 11.0. The molecule has 0 N–H and O–H groups in total. The number of pyridine rings is 1. The van der Waals surface area contributed by atoms with Crippen molar-refractivity contribution >= 4 is 17.5 Å². The molecule has 3 aliphatic rings. The number of carbonyl (C=O) groups excluding carboxylic acids is 2. The summed E-state index contributed by atoms with van der Waals surface area (Å²) in [6, 6.07) is 3.68. The van der Waals surface area contributed by atoms with E-state index < -0.39 is 17.0 Å². The molecule has 122 valence electrons. The summed E-state index contributed by atoms with van der Waals surface area (Å²) in [6.07, 6.45) is 4.69. The highest BCUT2D eigenvalue weighted by Crippen LogP contribution is 2.49. The number of aromatic nitrogens is 1. The van der Waals surface area contributed by atoms with Gasteiger partial charge in [-0.1, -0.05) is 6.92 Å². The summed E-state index contributed by atoms with van der Waals surface area (Å²) < 4.78 is 14.1. The normalized spacial score (nSPS) is 31.9. The highest BCUT2D eigenvalue weighted by Gasteiger charge is 2.60. The lowest BCUT2D eigenvalue weighted by atomic mass is 9.78. The predicted molar refractivity (Wildman–Crippen MR) is 82.5 cm³/mol. The third-order valence-electron chi connectivity index (χ3n) is 5.68. The van der Waals surface area contributed by atoms with Gasteiger partial charge in [-0.05, 0) is 37.3 Å². The van der Waals surface area contributed by atoms with Crippen molar-refractivity contribution in [3.8, 4) is 0 Å². The molecule has 1 spiro atoms. The monoisotopic (exact) mass is 317 g/mol. The van der Waals surface area contributed by atoms with Crippen molar-refractivity contribution in [1.29, 1.82) is 0 Å². The third-order valence-corrected chi connectivity index (χ3v) is 5.68. The van der Waals surface area contributed by atoms with Gasteiger partial charge in [0, 0.05) is 25.8 Å². The molecule has 1 aliphatic carbocycles. The van der Waals surface area contributed by atoms with Crippen molar-refractivity contribution in [2.45, 2.75) is 31.9 Å². The standard InChI is InChI=1S/C17H20FN3O2/c1-12-10-20(15(23)17(18)4-5-17)11-16(12)6-8-21(14(16)22)13-3-2-7-19-9-13/h2-3,7,9,12H,4-6,8,10-11H2,1H3/t12-,16-/m1/s1. The van der Waals surface area contributed by atoms with E-state index in [1.54, 1.807) is 22.2 Å². The predicted octanol–water partition coefficient (Wildman–Crippen LogP) is 1.79. The Balaban J connectivity index is 1.57. The number of anilines is 1. The van der Waals surface area contributed by atoms with Crippen molar-refractivity contribution in [3.05, 3.63) is 24.5 Å². The Morgan fingerprint density at radius 3 is 2.83 bits per heavy atom. The second kappa shape index (κ2) is 4.76. The van der Waals surface area contributed by atoms with Gasteiger partial charge >= 0.3 is 0 Å². The number of hydrogen-bond donors (Lipinski definition) is 0. The van der Waals surface area contributed by atoms with Gasteiger partial charge in [0.2, 0.25) is 5.91 Å². The summed E-state index contributed by atoms with van der Waals surface area (Å²) in [4.78, 5) is 32.7. The minimum Gasteiger partial charge on any atom is -0.339 e. The van der Waals surface area contributed by atoms with Crippen LogP contribution in [0.5, 0.6) is 0 Å². The van der Waals surface area contributed by atoms with Crippen LogP contribution in [-0.2, 0) is 9.59 Å². The fourth-order valence-electron chi connectivity index (χ4n) is 3.98. The molecular formula is C17H20FN3O2. The van der Waals surface area contributed by atoms with E-state index in [2.05, 4.69) is 4.98 Å². The summed E-state index contributed by atoms with van der Waals surface area (Å²) >= 11 is 0. The molecular weight excluding hydrogens is 297 g/mol. The minimum atomic E-state index is -1.66. The zero-order valence-electron chi connectivity index (χ0n) is 13.2.